The fourth-order valence-electron chi connectivity index (χ4n) is 5.13. The van der Waals surface area contributed by atoms with E-state index in [1.54, 1.807) is 0 Å². The van der Waals surface area contributed by atoms with Crippen molar-refractivity contribution < 1.29 is 4.74 Å². The largest absolute Gasteiger partial charge is 0.377 e. The number of fused-ring (bicyclic) bond motifs is 1. The number of likely N-dealkylation sites (N-methyl/N-ethyl adjacent to an activating group) is 2. The molecule has 0 spiro atoms. The first-order chi connectivity index (χ1) is 15.7. The van der Waals surface area contributed by atoms with Gasteiger partial charge in [0.25, 0.3) is 0 Å². The van der Waals surface area contributed by atoms with Gasteiger partial charge in [-0.05, 0) is 26.1 Å². The quantitative estimate of drug-likeness (QED) is 0.717. The van der Waals surface area contributed by atoms with Crippen molar-refractivity contribution in [1.29, 1.82) is 0 Å². The fraction of sp³-hybridized carbons (Fsp3) is 0.560. The van der Waals surface area contributed by atoms with Crippen LogP contribution in [0.15, 0.2) is 24.4 Å². The number of piperazine rings is 1. The van der Waals surface area contributed by atoms with Crippen molar-refractivity contribution in [3.8, 4) is 11.4 Å². The predicted molar refractivity (Wildman–Crippen MR) is 128 cm³/mol. The van der Waals surface area contributed by atoms with Gasteiger partial charge in [0.1, 0.15) is 5.82 Å². The van der Waals surface area contributed by atoms with E-state index in [2.05, 4.69) is 64.7 Å². The first-order valence-corrected chi connectivity index (χ1v) is 12.0. The molecule has 2 atom stereocenters. The lowest BCUT2D eigenvalue weighted by atomic mass is 10.1. The second-order valence-corrected chi connectivity index (χ2v) is 8.95. The third-order valence-corrected chi connectivity index (χ3v) is 7.07. The Balaban J connectivity index is 1.62. The summed E-state index contributed by atoms with van der Waals surface area (Å²) in [4.78, 5) is 22.3. The summed E-state index contributed by atoms with van der Waals surface area (Å²) in [5, 5.41) is 0. The van der Waals surface area contributed by atoms with Crippen LogP contribution in [0.2, 0.25) is 0 Å². The molecule has 1 unspecified atom stereocenters. The maximum Gasteiger partial charge on any atom is 0.162 e. The molecule has 7 nitrogen and oxygen atoms in total. The van der Waals surface area contributed by atoms with Crippen LogP contribution in [0.4, 0.5) is 5.82 Å². The molecule has 2 saturated heterocycles. The van der Waals surface area contributed by atoms with Crippen LogP contribution in [-0.4, -0.2) is 83.3 Å². The number of pyridine rings is 1. The summed E-state index contributed by atoms with van der Waals surface area (Å²) in [6, 6.07) is 4.87. The summed E-state index contributed by atoms with van der Waals surface area (Å²) in [5.41, 5.74) is 4.48. The first-order valence-electron chi connectivity index (χ1n) is 12.0. The maximum atomic E-state index is 5.70. The van der Waals surface area contributed by atoms with Crippen LogP contribution in [0.25, 0.3) is 17.5 Å². The Morgan fingerprint density at radius 1 is 1.12 bits per heavy atom. The van der Waals surface area contributed by atoms with Crippen LogP contribution >= 0.6 is 0 Å². The number of morpholine rings is 1. The molecule has 2 aromatic heterocycles. The summed E-state index contributed by atoms with van der Waals surface area (Å²) in [6.45, 7) is 14.3. The zero-order valence-electron chi connectivity index (χ0n) is 19.5. The second-order valence-electron chi connectivity index (χ2n) is 8.95. The van der Waals surface area contributed by atoms with Gasteiger partial charge >= 0.3 is 0 Å². The van der Waals surface area contributed by atoms with Crippen molar-refractivity contribution in [1.82, 2.24) is 24.8 Å². The minimum Gasteiger partial charge on any atom is -0.377 e. The molecule has 0 radical (unpaired) electrons. The summed E-state index contributed by atoms with van der Waals surface area (Å²) in [6.07, 6.45) is 7.12. The average Bonchev–Trinajstić information content (AvgIpc) is 3.32. The normalized spacial score (nSPS) is 24.2. The smallest absolute Gasteiger partial charge is 0.162 e. The summed E-state index contributed by atoms with van der Waals surface area (Å²) in [7, 11) is 0. The van der Waals surface area contributed by atoms with Gasteiger partial charge in [-0.15, -0.1) is 0 Å². The minimum atomic E-state index is 0.274. The number of allylic oxidation sites excluding steroid dienone is 1. The first kappa shape index (κ1) is 21.5. The van der Waals surface area contributed by atoms with Crippen LogP contribution in [0, 0.1) is 0 Å². The second kappa shape index (κ2) is 9.25. The molecule has 2 fully saturated rings. The maximum absolute atomic E-state index is 5.70. The third kappa shape index (κ3) is 4.05. The lowest BCUT2D eigenvalue weighted by Crippen LogP contribution is -2.48. The highest BCUT2D eigenvalue weighted by Gasteiger charge is 2.30. The molecule has 32 heavy (non-hydrogen) atoms. The van der Waals surface area contributed by atoms with Crippen molar-refractivity contribution in [2.75, 3.05) is 57.4 Å². The van der Waals surface area contributed by atoms with Gasteiger partial charge in [0, 0.05) is 56.0 Å². The lowest BCUT2D eigenvalue weighted by molar-refractivity contribution is 0.0796. The van der Waals surface area contributed by atoms with Crippen LogP contribution in [0.5, 0.6) is 0 Å². The molecule has 0 N–H and O–H groups in total. The summed E-state index contributed by atoms with van der Waals surface area (Å²) in [5.74, 6) is 1.82. The molecule has 0 aromatic carbocycles. The Labute approximate surface area is 191 Å². The van der Waals surface area contributed by atoms with Crippen molar-refractivity contribution in [2.24, 2.45) is 0 Å². The molecular formula is C25H34N6O. The topological polar surface area (TPSA) is 57.6 Å². The average molecular weight is 435 g/mol. The molecule has 0 bridgehead atoms. The Morgan fingerprint density at radius 2 is 2.03 bits per heavy atom. The number of anilines is 1. The molecule has 170 valence electrons. The Hall–Kier alpha value is -2.35. The number of nitrogens with zero attached hydrogens (tertiary/aromatic N) is 6. The summed E-state index contributed by atoms with van der Waals surface area (Å²) >= 11 is 0. The van der Waals surface area contributed by atoms with E-state index in [0.29, 0.717) is 6.04 Å². The molecule has 7 heteroatoms. The van der Waals surface area contributed by atoms with Crippen LogP contribution in [0.1, 0.15) is 43.8 Å². The van der Waals surface area contributed by atoms with E-state index < -0.39 is 0 Å². The van der Waals surface area contributed by atoms with Crippen molar-refractivity contribution >= 4 is 11.9 Å². The number of ether oxygens (including phenoxy) is 1. The van der Waals surface area contributed by atoms with Gasteiger partial charge in [0.2, 0.25) is 0 Å². The molecule has 4 heterocycles. The molecule has 3 aliphatic rings. The van der Waals surface area contributed by atoms with E-state index in [0.717, 1.165) is 93.1 Å². The molecule has 2 aliphatic heterocycles. The zero-order valence-corrected chi connectivity index (χ0v) is 19.5. The zero-order chi connectivity index (χ0) is 22.1. The number of rotatable bonds is 5. The Morgan fingerprint density at radius 3 is 2.84 bits per heavy atom. The predicted octanol–water partition coefficient (Wildman–Crippen LogP) is 3.03. The third-order valence-electron chi connectivity index (χ3n) is 7.07. The van der Waals surface area contributed by atoms with E-state index >= 15 is 0 Å². The number of aromatic nitrogens is 3. The molecule has 2 aromatic rings. The highest BCUT2D eigenvalue weighted by Crippen LogP contribution is 2.33. The Bertz CT molecular complexity index is 992. The van der Waals surface area contributed by atoms with Crippen LogP contribution < -0.4 is 4.90 Å². The number of hydrogen-bond acceptors (Lipinski definition) is 7. The van der Waals surface area contributed by atoms with E-state index in [9.17, 15) is 0 Å². The molecule has 0 amide bonds. The molecule has 0 saturated carbocycles. The SMILES string of the molecule is CCN1CCN(CC)C(c2cc(N3CCOC[C@H]3C)nc(-c3ccnc4c3C=CC4)n2)C1. The highest BCUT2D eigenvalue weighted by atomic mass is 16.5. The molecule has 5 rings (SSSR count). The van der Waals surface area contributed by atoms with E-state index in [1.807, 2.05) is 6.20 Å². The van der Waals surface area contributed by atoms with Crippen molar-refractivity contribution in [3.05, 3.63) is 41.4 Å². The fourth-order valence-corrected chi connectivity index (χ4v) is 5.13. The van der Waals surface area contributed by atoms with Gasteiger partial charge in [-0.25, -0.2) is 9.97 Å². The van der Waals surface area contributed by atoms with Crippen LogP contribution in [-0.2, 0) is 11.2 Å². The standard InChI is InChI=1S/C25H34N6O/c1-4-29-11-12-30(5-2)23(16-29)22-15-24(31-13-14-32-17-18(31)3)28-25(27-22)20-9-10-26-21-8-6-7-19(20)21/h6-7,9-10,15,18,23H,4-5,8,11-14,16-17H2,1-3H3/t18-,23?/m1/s1. The van der Waals surface area contributed by atoms with Gasteiger partial charge in [-0.1, -0.05) is 26.0 Å². The van der Waals surface area contributed by atoms with Crippen molar-refractivity contribution in [3.63, 3.8) is 0 Å². The number of hydrogen-bond donors (Lipinski definition) is 0. The summed E-state index contributed by atoms with van der Waals surface area (Å²) < 4.78 is 5.70. The monoisotopic (exact) mass is 434 g/mol. The molecule has 1 aliphatic carbocycles. The van der Waals surface area contributed by atoms with Crippen LogP contribution in [0.3, 0.4) is 0 Å². The van der Waals surface area contributed by atoms with Crippen molar-refractivity contribution in [2.45, 2.75) is 39.3 Å². The van der Waals surface area contributed by atoms with Gasteiger partial charge in [0.15, 0.2) is 5.82 Å². The van der Waals surface area contributed by atoms with E-state index in [4.69, 9.17) is 14.7 Å². The van der Waals surface area contributed by atoms with E-state index in [-0.39, 0.29) is 6.04 Å². The van der Waals surface area contributed by atoms with E-state index in [1.165, 1.54) is 0 Å². The molecular weight excluding hydrogens is 400 g/mol. The van der Waals surface area contributed by atoms with Gasteiger partial charge in [-0.3, -0.25) is 9.88 Å². The minimum absolute atomic E-state index is 0.274. The lowest BCUT2D eigenvalue weighted by Gasteiger charge is -2.41. The van der Waals surface area contributed by atoms with Gasteiger partial charge in [-0.2, -0.15) is 0 Å². The van der Waals surface area contributed by atoms with Gasteiger partial charge in [0.05, 0.1) is 36.7 Å². The van der Waals surface area contributed by atoms with Gasteiger partial charge < -0.3 is 14.5 Å². The Kier molecular flexibility index (Phi) is 6.22. The highest BCUT2D eigenvalue weighted by molar-refractivity contribution is 5.75.